The van der Waals surface area contributed by atoms with Crippen LogP contribution < -0.4 is 10.1 Å². The van der Waals surface area contributed by atoms with E-state index in [0.717, 1.165) is 11.1 Å². The van der Waals surface area contributed by atoms with E-state index in [4.69, 9.17) is 9.26 Å². The molecule has 1 amide bonds. The highest BCUT2D eigenvalue weighted by Crippen LogP contribution is 2.32. The summed E-state index contributed by atoms with van der Waals surface area (Å²) in [5, 5.41) is 6.36. The first-order chi connectivity index (χ1) is 14.2. The molecule has 3 aromatic rings. The van der Waals surface area contributed by atoms with Crippen LogP contribution in [0.15, 0.2) is 51.9 Å². The van der Waals surface area contributed by atoms with Crippen LogP contribution in [0.25, 0.3) is 4.72 Å². The molecule has 8 nitrogen and oxygen atoms in total. The van der Waals surface area contributed by atoms with Crippen LogP contribution in [0.3, 0.4) is 0 Å². The van der Waals surface area contributed by atoms with Crippen LogP contribution in [-0.2, 0) is 14.8 Å². The van der Waals surface area contributed by atoms with Gasteiger partial charge < -0.3 is 19.3 Å². The van der Waals surface area contributed by atoms with E-state index in [9.17, 15) is 13.2 Å². The Bertz CT molecular complexity index is 1170. The molecule has 9 heteroatoms. The number of hydrogen-bond acceptors (Lipinski definition) is 6. The summed E-state index contributed by atoms with van der Waals surface area (Å²) in [7, 11) is -3.97. The van der Waals surface area contributed by atoms with Gasteiger partial charge in [0.15, 0.2) is 6.61 Å². The molecule has 158 valence electrons. The van der Waals surface area contributed by atoms with Crippen molar-refractivity contribution in [2.45, 2.75) is 32.6 Å². The molecule has 0 fully saturated rings. The average Bonchev–Trinajstić information content (AvgIpc) is 3.01. The summed E-state index contributed by atoms with van der Waals surface area (Å²) in [5.41, 5.74) is 3.79. The molecule has 0 aliphatic heterocycles. The SMILES string of the molecule is Cc1ccc(OCC(=O)Nc2ccc(S(=O)(=O)[N-]c3onc(C)c3C)cc2)cc1C. The number of ether oxygens (including phenoxy) is 1. The highest BCUT2D eigenvalue weighted by molar-refractivity contribution is 7.94. The molecule has 3 rings (SSSR count). The van der Waals surface area contributed by atoms with Gasteiger partial charge in [-0.1, -0.05) is 11.2 Å². The molecule has 0 aliphatic carbocycles. The zero-order valence-electron chi connectivity index (χ0n) is 17.1. The maximum atomic E-state index is 12.4. The van der Waals surface area contributed by atoms with Gasteiger partial charge >= 0.3 is 0 Å². The van der Waals surface area contributed by atoms with Crippen molar-refractivity contribution in [3.05, 3.63) is 69.6 Å². The van der Waals surface area contributed by atoms with Gasteiger partial charge in [0.2, 0.25) is 0 Å². The molecule has 1 N–H and O–H groups in total. The van der Waals surface area contributed by atoms with E-state index in [2.05, 4.69) is 15.2 Å². The van der Waals surface area contributed by atoms with Crippen molar-refractivity contribution in [1.82, 2.24) is 5.16 Å². The molecule has 0 saturated carbocycles. The maximum Gasteiger partial charge on any atom is 0.262 e. The Morgan fingerprint density at radius 3 is 2.37 bits per heavy atom. The van der Waals surface area contributed by atoms with Crippen LogP contribution >= 0.6 is 0 Å². The fourth-order valence-electron chi connectivity index (χ4n) is 2.51. The third-order valence-corrected chi connectivity index (χ3v) is 5.89. The molecule has 0 atom stereocenters. The number of aromatic nitrogens is 1. The highest BCUT2D eigenvalue weighted by atomic mass is 32.2. The number of carbonyl (C=O) groups excluding carboxylic acids is 1. The molecule has 0 aliphatic rings. The van der Waals surface area contributed by atoms with Crippen LogP contribution in [0.4, 0.5) is 11.6 Å². The lowest BCUT2D eigenvalue weighted by molar-refractivity contribution is -0.118. The first-order valence-corrected chi connectivity index (χ1v) is 10.6. The zero-order chi connectivity index (χ0) is 21.9. The normalized spacial score (nSPS) is 11.2. The lowest BCUT2D eigenvalue weighted by Crippen LogP contribution is -2.20. The van der Waals surface area contributed by atoms with Crippen LogP contribution in [0.2, 0.25) is 0 Å². The minimum Gasteiger partial charge on any atom is -0.539 e. The van der Waals surface area contributed by atoms with Crippen molar-refractivity contribution >= 4 is 27.5 Å². The molecule has 1 heterocycles. The summed E-state index contributed by atoms with van der Waals surface area (Å²) in [6.45, 7) is 7.18. The second-order valence-corrected chi connectivity index (χ2v) is 8.48. The number of nitrogens with zero attached hydrogens (tertiary/aromatic N) is 2. The number of nitrogens with one attached hydrogen (secondary N) is 1. The number of benzene rings is 2. The third kappa shape index (κ3) is 4.98. The molecular weight excluding hydrogens is 406 g/mol. The summed E-state index contributed by atoms with van der Waals surface area (Å²) in [4.78, 5) is 12.1. The van der Waals surface area contributed by atoms with Crippen molar-refractivity contribution in [1.29, 1.82) is 0 Å². The van der Waals surface area contributed by atoms with Crippen LogP contribution in [0, 0.1) is 27.7 Å². The van der Waals surface area contributed by atoms with E-state index < -0.39 is 10.0 Å². The monoisotopic (exact) mass is 428 g/mol. The predicted octanol–water partition coefficient (Wildman–Crippen LogP) is 4.32. The fourth-order valence-corrected chi connectivity index (χ4v) is 3.48. The summed E-state index contributed by atoms with van der Waals surface area (Å²) >= 11 is 0. The van der Waals surface area contributed by atoms with Gasteiger partial charge in [-0.25, -0.2) is 8.42 Å². The molecule has 0 saturated heterocycles. The van der Waals surface area contributed by atoms with Gasteiger partial charge in [0.25, 0.3) is 5.91 Å². The molecule has 0 spiro atoms. The minimum atomic E-state index is -3.97. The molecule has 30 heavy (non-hydrogen) atoms. The van der Waals surface area contributed by atoms with Gasteiger partial charge in [-0.15, -0.1) is 0 Å². The Balaban J connectivity index is 1.60. The van der Waals surface area contributed by atoms with Crippen molar-refractivity contribution in [3.63, 3.8) is 0 Å². The lowest BCUT2D eigenvalue weighted by atomic mass is 10.1. The van der Waals surface area contributed by atoms with Gasteiger partial charge in [-0.2, -0.15) is 0 Å². The van der Waals surface area contributed by atoms with E-state index >= 15 is 0 Å². The third-order valence-electron chi connectivity index (χ3n) is 4.62. The predicted molar refractivity (Wildman–Crippen MR) is 113 cm³/mol. The van der Waals surface area contributed by atoms with Crippen LogP contribution in [-0.4, -0.2) is 26.1 Å². The molecular formula is C21H22N3O5S-. The van der Waals surface area contributed by atoms with Crippen molar-refractivity contribution in [2.24, 2.45) is 0 Å². The number of hydrogen-bond donors (Lipinski definition) is 1. The summed E-state index contributed by atoms with van der Waals surface area (Å²) in [5.74, 6) is 0.198. The Labute approximate surface area is 175 Å². The Morgan fingerprint density at radius 1 is 1.07 bits per heavy atom. The van der Waals surface area contributed by atoms with E-state index in [-0.39, 0.29) is 23.3 Å². The van der Waals surface area contributed by atoms with Crippen molar-refractivity contribution in [2.75, 3.05) is 11.9 Å². The minimum absolute atomic E-state index is 0.0275. The maximum absolute atomic E-state index is 12.4. The van der Waals surface area contributed by atoms with Crippen LogP contribution in [0.1, 0.15) is 22.4 Å². The van der Waals surface area contributed by atoms with Gasteiger partial charge in [0, 0.05) is 5.69 Å². The van der Waals surface area contributed by atoms with E-state index in [1.54, 1.807) is 19.9 Å². The molecule has 0 radical (unpaired) electrons. The van der Waals surface area contributed by atoms with Crippen molar-refractivity contribution in [3.8, 4) is 5.75 Å². The molecule has 0 unspecified atom stereocenters. The number of anilines is 1. The number of amides is 1. The molecule has 1 aromatic heterocycles. The number of sulfonamides is 1. The topological polar surface area (TPSA) is 113 Å². The number of aryl methyl sites for hydroxylation is 3. The summed E-state index contributed by atoms with van der Waals surface area (Å²) < 4.78 is 39.0. The number of rotatable bonds is 7. The van der Waals surface area contributed by atoms with Gasteiger partial charge in [0.1, 0.15) is 15.8 Å². The van der Waals surface area contributed by atoms with E-state index in [0.29, 0.717) is 22.7 Å². The van der Waals surface area contributed by atoms with Gasteiger partial charge in [-0.3, -0.25) is 4.79 Å². The standard InChI is InChI=1S/C21H23N3O5S/c1-13-5-8-18(11-14(13)2)28-12-20(25)22-17-6-9-19(10-7-17)30(26,27)24-21-15(3)16(4)23-29-21/h5-11H,12H2,1-4H3,(H2,22,23,24,25)/p-1. The zero-order valence-corrected chi connectivity index (χ0v) is 17.9. The fraction of sp³-hybridized carbons (Fsp3) is 0.238. The van der Waals surface area contributed by atoms with Crippen molar-refractivity contribution < 1.29 is 22.5 Å². The van der Waals surface area contributed by atoms with Gasteiger partial charge in [0.05, 0.1) is 16.5 Å². The van der Waals surface area contributed by atoms with E-state index in [1.165, 1.54) is 24.3 Å². The smallest absolute Gasteiger partial charge is 0.262 e. The van der Waals surface area contributed by atoms with Crippen LogP contribution in [0.5, 0.6) is 5.75 Å². The second-order valence-electron chi connectivity index (χ2n) is 6.87. The highest BCUT2D eigenvalue weighted by Gasteiger charge is 2.10. The Morgan fingerprint density at radius 2 is 1.77 bits per heavy atom. The lowest BCUT2D eigenvalue weighted by Gasteiger charge is -2.19. The summed E-state index contributed by atoms with van der Waals surface area (Å²) in [6, 6.07) is 11.3. The number of carbonyl (C=O) groups is 1. The quantitative estimate of drug-likeness (QED) is 0.600. The van der Waals surface area contributed by atoms with Gasteiger partial charge in [-0.05, 0) is 80.8 Å². The Hall–Kier alpha value is -3.33. The van der Waals surface area contributed by atoms with E-state index in [1.807, 2.05) is 26.0 Å². The second kappa shape index (κ2) is 8.58. The first-order valence-electron chi connectivity index (χ1n) is 9.16. The largest absolute Gasteiger partial charge is 0.539 e. The molecule has 2 aromatic carbocycles. The first kappa shape index (κ1) is 21.4. The summed E-state index contributed by atoms with van der Waals surface area (Å²) in [6.07, 6.45) is 0. The Kier molecular flexibility index (Phi) is 6.12. The average molecular weight is 428 g/mol. The molecule has 0 bridgehead atoms.